The summed E-state index contributed by atoms with van der Waals surface area (Å²) < 4.78 is 21.2. The van der Waals surface area contributed by atoms with E-state index in [9.17, 15) is 19.7 Å². The van der Waals surface area contributed by atoms with Gasteiger partial charge in [-0.05, 0) is 48.6 Å². The van der Waals surface area contributed by atoms with Crippen LogP contribution in [0.15, 0.2) is 58.9 Å². The molecule has 2 aliphatic rings. The lowest BCUT2D eigenvalue weighted by atomic mass is 9.71. The molecule has 1 aliphatic heterocycles. The number of hydrogen-bond donors (Lipinski definition) is 1. The number of ketones is 1. The van der Waals surface area contributed by atoms with Gasteiger partial charge in [0.25, 0.3) is 5.69 Å². The summed E-state index contributed by atoms with van der Waals surface area (Å²) in [4.78, 5) is 38.1. The van der Waals surface area contributed by atoms with E-state index in [1.807, 2.05) is 12.1 Å². The first-order chi connectivity index (χ1) is 18.7. The first-order valence-corrected chi connectivity index (χ1v) is 12.6. The number of carbonyl (C=O) groups excluding carboxylic acids is 2. The van der Waals surface area contributed by atoms with Gasteiger partial charge >= 0.3 is 5.97 Å². The number of halogens is 1. The van der Waals surface area contributed by atoms with Gasteiger partial charge in [0.05, 0.1) is 31.3 Å². The second kappa shape index (κ2) is 11.9. The Labute approximate surface area is 230 Å². The van der Waals surface area contributed by atoms with Crippen LogP contribution in [-0.4, -0.2) is 51.2 Å². The fraction of sp³-hybridized carbons (Fsp3) is 0.357. The monoisotopic (exact) mass is 556 g/mol. The molecule has 0 saturated carbocycles. The highest BCUT2D eigenvalue weighted by Crippen LogP contribution is 2.47. The number of nitro benzene ring substituents is 1. The van der Waals surface area contributed by atoms with E-state index in [0.717, 1.165) is 5.56 Å². The molecule has 0 amide bonds. The Balaban J connectivity index is 1.79. The van der Waals surface area contributed by atoms with Crippen molar-refractivity contribution >= 4 is 29.0 Å². The fourth-order valence-electron chi connectivity index (χ4n) is 5.13. The topological polar surface area (TPSA) is 126 Å². The van der Waals surface area contributed by atoms with Crippen LogP contribution < -0.4 is 14.8 Å². The number of dihydropyridines is 1. The van der Waals surface area contributed by atoms with Gasteiger partial charge in [-0.25, -0.2) is 4.79 Å². The highest BCUT2D eigenvalue weighted by molar-refractivity contribution is 6.32. The Morgan fingerprint density at radius 1 is 1.05 bits per heavy atom. The smallest absolute Gasteiger partial charge is 0.336 e. The molecule has 4 rings (SSSR count). The van der Waals surface area contributed by atoms with Crippen LogP contribution in [0.2, 0.25) is 5.02 Å². The second-order valence-electron chi connectivity index (χ2n) is 9.23. The summed E-state index contributed by atoms with van der Waals surface area (Å²) in [6, 6.07) is 9.86. The first kappa shape index (κ1) is 28.1. The summed E-state index contributed by atoms with van der Waals surface area (Å²) in [6.07, 6.45) is 0.652. The zero-order valence-corrected chi connectivity index (χ0v) is 22.8. The standard InChI is InChI=1S/C28H29ClN2O8/c1-15-25(28(33)39-10-9-36-2)26(17-5-7-19(29)21(12-17)31(34)35)27-20(30-15)11-18(13-22(27)32)16-6-8-23(37-3)24(14-16)38-4/h5-8,12,14,18,26,30H,9-11,13H2,1-4H3/t18-,26+/m1/s1. The van der Waals surface area contributed by atoms with Crippen LogP contribution in [0.5, 0.6) is 11.5 Å². The number of nitrogens with zero attached hydrogens (tertiary/aromatic N) is 1. The van der Waals surface area contributed by atoms with Gasteiger partial charge in [-0.15, -0.1) is 0 Å². The van der Waals surface area contributed by atoms with Gasteiger partial charge in [0, 0.05) is 42.5 Å². The van der Waals surface area contributed by atoms with E-state index >= 15 is 0 Å². The number of nitrogens with one attached hydrogen (secondary N) is 1. The third-order valence-corrected chi connectivity index (χ3v) is 7.27. The highest BCUT2D eigenvalue weighted by Gasteiger charge is 2.42. The Hall–Kier alpha value is -3.89. The molecule has 206 valence electrons. The summed E-state index contributed by atoms with van der Waals surface area (Å²) in [6.45, 7) is 1.93. The van der Waals surface area contributed by atoms with Gasteiger partial charge in [0.15, 0.2) is 17.3 Å². The molecular formula is C28H29ClN2O8. The van der Waals surface area contributed by atoms with Gasteiger partial charge in [0.2, 0.25) is 0 Å². The minimum absolute atomic E-state index is 0.0147. The van der Waals surface area contributed by atoms with E-state index < -0.39 is 16.8 Å². The summed E-state index contributed by atoms with van der Waals surface area (Å²) in [5.41, 5.74) is 2.73. The van der Waals surface area contributed by atoms with Gasteiger partial charge in [-0.2, -0.15) is 0 Å². The number of esters is 1. The first-order valence-electron chi connectivity index (χ1n) is 12.3. The Bertz CT molecular complexity index is 1380. The quantitative estimate of drug-likeness (QED) is 0.200. The molecule has 2 aromatic rings. The largest absolute Gasteiger partial charge is 0.493 e. The van der Waals surface area contributed by atoms with E-state index in [1.165, 1.54) is 19.2 Å². The molecule has 0 aromatic heterocycles. The van der Waals surface area contributed by atoms with Crippen molar-refractivity contribution in [3.8, 4) is 11.5 Å². The second-order valence-corrected chi connectivity index (χ2v) is 9.64. The van der Waals surface area contributed by atoms with Crippen LogP contribution in [0.3, 0.4) is 0 Å². The third kappa shape index (κ3) is 5.62. The SMILES string of the molecule is COCCOC(=O)C1=C(C)NC2=C(C(=O)C[C@H](c3ccc(OC)c(OC)c3)C2)[C@H]1c1ccc(Cl)c([N+](=O)[O-])c1. The Kier molecular flexibility index (Phi) is 8.57. The van der Waals surface area contributed by atoms with Crippen molar-refractivity contribution in [2.75, 3.05) is 34.5 Å². The van der Waals surface area contributed by atoms with Gasteiger partial charge in [0.1, 0.15) is 11.6 Å². The fourth-order valence-corrected chi connectivity index (χ4v) is 5.32. The van der Waals surface area contributed by atoms with Gasteiger partial charge in [-0.3, -0.25) is 14.9 Å². The number of hydrogen-bond acceptors (Lipinski definition) is 9. The van der Waals surface area contributed by atoms with E-state index in [0.29, 0.717) is 40.5 Å². The predicted molar refractivity (Wildman–Crippen MR) is 143 cm³/mol. The van der Waals surface area contributed by atoms with Crippen molar-refractivity contribution in [3.05, 3.63) is 85.2 Å². The number of ether oxygens (including phenoxy) is 4. The molecule has 2 atom stereocenters. The Morgan fingerprint density at radius 3 is 2.44 bits per heavy atom. The van der Waals surface area contributed by atoms with Crippen molar-refractivity contribution in [2.24, 2.45) is 0 Å². The number of benzene rings is 2. The minimum atomic E-state index is -0.869. The molecule has 11 heteroatoms. The molecule has 1 aliphatic carbocycles. The molecule has 39 heavy (non-hydrogen) atoms. The molecule has 0 bridgehead atoms. The summed E-state index contributed by atoms with van der Waals surface area (Å²) in [5, 5.41) is 14.9. The summed E-state index contributed by atoms with van der Waals surface area (Å²) in [5.74, 6) is -0.707. The van der Waals surface area contributed by atoms with Crippen LogP contribution in [0.25, 0.3) is 0 Å². The molecule has 0 fully saturated rings. The van der Waals surface area contributed by atoms with Crippen molar-refractivity contribution in [2.45, 2.75) is 31.6 Å². The number of rotatable bonds is 9. The van der Waals surface area contributed by atoms with Gasteiger partial charge < -0.3 is 24.3 Å². The van der Waals surface area contributed by atoms with Crippen LogP contribution in [0.4, 0.5) is 5.69 Å². The van der Waals surface area contributed by atoms with E-state index in [2.05, 4.69) is 5.32 Å². The maximum absolute atomic E-state index is 13.8. The molecule has 1 heterocycles. The highest BCUT2D eigenvalue weighted by atomic mass is 35.5. The van der Waals surface area contributed by atoms with E-state index in [-0.39, 0.29) is 47.6 Å². The number of carbonyl (C=O) groups is 2. The summed E-state index contributed by atoms with van der Waals surface area (Å²) >= 11 is 6.07. The van der Waals surface area contributed by atoms with Crippen LogP contribution in [-0.2, 0) is 19.1 Å². The lowest BCUT2D eigenvalue weighted by Gasteiger charge is -2.36. The molecule has 1 N–H and O–H groups in total. The predicted octanol–water partition coefficient (Wildman–Crippen LogP) is 4.82. The third-order valence-electron chi connectivity index (χ3n) is 6.95. The van der Waals surface area contributed by atoms with Crippen molar-refractivity contribution in [1.82, 2.24) is 5.32 Å². The lowest BCUT2D eigenvalue weighted by molar-refractivity contribution is -0.384. The maximum atomic E-state index is 13.8. The Morgan fingerprint density at radius 2 is 1.77 bits per heavy atom. The van der Waals surface area contributed by atoms with Gasteiger partial charge in [-0.1, -0.05) is 23.7 Å². The average molecular weight is 557 g/mol. The lowest BCUT2D eigenvalue weighted by Crippen LogP contribution is -2.36. The average Bonchev–Trinajstić information content (AvgIpc) is 2.91. The summed E-state index contributed by atoms with van der Waals surface area (Å²) in [7, 11) is 4.59. The zero-order valence-electron chi connectivity index (χ0n) is 22.0. The molecule has 0 unspecified atom stereocenters. The number of allylic oxidation sites excluding steroid dienone is 3. The maximum Gasteiger partial charge on any atom is 0.336 e. The van der Waals surface area contributed by atoms with Crippen LogP contribution >= 0.6 is 11.6 Å². The van der Waals surface area contributed by atoms with E-state index in [1.54, 1.807) is 33.3 Å². The zero-order chi connectivity index (χ0) is 28.3. The number of Topliss-reactive ketones (excluding diaryl/α,β-unsaturated/α-hetero) is 1. The van der Waals surface area contributed by atoms with Crippen LogP contribution in [0, 0.1) is 10.1 Å². The molecule has 0 radical (unpaired) electrons. The van der Waals surface area contributed by atoms with Crippen molar-refractivity contribution in [1.29, 1.82) is 0 Å². The molecule has 0 spiro atoms. The molecule has 2 aromatic carbocycles. The van der Waals surface area contributed by atoms with E-state index in [4.69, 9.17) is 30.5 Å². The molecular weight excluding hydrogens is 528 g/mol. The minimum Gasteiger partial charge on any atom is -0.493 e. The number of methoxy groups -OCH3 is 3. The van der Waals surface area contributed by atoms with Crippen molar-refractivity contribution in [3.63, 3.8) is 0 Å². The molecule has 10 nitrogen and oxygen atoms in total. The molecule has 0 saturated heterocycles. The normalized spacial score (nSPS) is 18.8. The van der Waals surface area contributed by atoms with Crippen molar-refractivity contribution < 1.29 is 33.5 Å². The number of nitro groups is 1. The van der Waals surface area contributed by atoms with Crippen LogP contribution in [0.1, 0.15) is 42.7 Å².